The Morgan fingerprint density at radius 1 is 1.13 bits per heavy atom. The Hall–Kier alpha value is -0.0800. The molecule has 1 saturated heterocycles. The fourth-order valence-corrected chi connectivity index (χ4v) is 3.26. The molecule has 2 nitrogen and oxygen atoms in total. The highest BCUT2D eigenvalue weighted by atomic mass is 16.5. The minimum absolute atomic E-state index is 0.709. The molecule has 0 aromatic carbocycles. The summed E-state index contributed by atoms with van der Waals surface area (Å²) in [5.41, 5.74) is 0. The largest absolute Gasteiger partial charge is 0.381 e. The van der Waals surface area contributed by atoms with Gasteiger partial charge in [0.2, 0.25) is 0 Å². The Balaban J connectivity index is 1.79. The molecule has 15 heavy (non-hydrogen) atoms. The third kappa shape index (κ3) is 3.18. The Kier molecular flexibility index (Phi) is 4.45. The summed E-state index contributed by atoms with van der Waals surface area (Å²) < 4.78 is 5.62. The first-order valence-corrected chi connectivity index (χ1v) is 6.65. The second kappa shape index (κ2) is 5.86. The summed E-state index contributed by atoms with van der Waals surface area (Å²) in [5, 5.41) is 3.46. The standard InChI is InChI=1S/C13H25NO/c1-14-13-7-8-15-10-12(13)9-11-5-3-2-4-6-11/h11-14H,2-10H2,1H3. The zero-order chi connectivity index (χ0) is 10.5. The molecule has 2 rings (SSSR count). The van der Waals surface area contributed by atoms with E-state index in [-0.39, 0.29) is 0 Å². The van der Waals surface area contributed by atoms with Gasteiger partial charge in [0.25, 0.3) is 0 Å². The topological polar surface area (TPSA) is 21.3 Å². The van der Waals surface area contributed by atoms with Gasteiger partial charge in [-0.05, 0) is 31.7 Å². The monoisotopic (exact) mass is 211 g/mol. The third-order valence-corrected chi connectivity index (χ3v) is 4.21. The molecule has 1 aliphatic heterocycles. The van der Waals surface area contributed by atoms with Gasteiger partial charge in [-0.3, -0.25) is 0 Å². The van der Waals surface area contributed by atoms with Crippen LogP contribution in [0.15, 0.2) is 0 Å². The van der Waals surface area contributed by atoms with Crippen LogP contribution < -0.4 is 5.32 Å². The van der Waals surface area contributed by atoms with Gasteiger partial charge in [0.1, 0.15) is 0 Å². The lowest BCUT2D eigenvalue weighted by Gasteiger charge is -2.34. The molecule has 0 spiro atoms. The van der Waals surface area contributed by atoms with Crippen LogP contribution in [0.4, 0.5) is 0 Å². The highest BCUT2D eigenvalue weighted by Gasteiger charge is 2.27. The molecule has 0 amide bonds. The van der Waals surface area contributed by atoms with E-state index in [2.05, 4.69) is 12.4 Å². The summed E-state index contributed by atoms with van der Waals surface area (Å²) in [6.45, 7) is 1.94. The number of ether oxygens (including phenoxy) is 1. The predicted octanol–water partition coefficient (Wildman–Crippen LogP) is 2.58. The van der Waals surface area contributed by atoms with Gasteiger partial charge in [0.15, 0.2) is 0 Å². The van der Waals surface area contributed by atoms with Gasteiger partial charge in [0.05, 0.1) is 6.61 Å². The first-order chi connectivity index (χ1) is 7.40. The van der Waals surface area contributed by atoms with Crippen molar-refractivity contribution in [2.24, 2.45) is 11.8 Å². The molecule has 0 radical (unpaired) electrons. The van der Waals surface area contributed by atoms with E-state index in [0.29, 0.717) is 6.04 Å². The Bertz CT molecular complexity index is 177. The molecule has 1 aliphatic carbocycles. The van der Waals surface area contributed by atoms with Crippen LogP contribution >= 0.6 is 0 Å². The zero-order valence-corrected chi connectivity index (χ0v) is 10.0. The smallest absolute Gasteiger partial charge is 0.0509 e. The second-order valence-electron chi connectivity index (χ2n) is 5.26. The van der Waals surface area contributed by atoms with Crippen molar-refractivity contribution >= 4 is 0 Å². The zero-order valence-electron chi connectivity index (χ0n) is 10.0. The number of hydrogen-bond acceptors (Lipinski definition) is 2. The lowest BCUT2D eigenvalue weighted by molar-refractivity contribution is 0.0218. The van der Waals surface area contributed by atoms with E-state index in [1.54, 1.807) is 0 Å². The highest BCUT2D eigenvalue weighted by Crippen LogP contribution is 2.31. The van der Waals surface area contributed by atoms with Crippen molar-refractivity contribution < 1.29 is 4.74 Å². The van der Waals surface area contributed by atoms with Crippen LogP contribution in [0.3, 0.4) is 0 Å². The van der Waals surface area contributed by atoms with Crippen LogP contribution in [0.1, 0.15) is 44.9 Å². The summed E-state index contributed by atoms with van der Waals surface area (Å²) in [6, 6.07) is 0.709. The van der Waals surface area contributed by atoms with Crippen molar-refractivity contribution in [3.05, 3.63) is 0 Å². The minimum Gasteiger partial charge on any atom is -0.381 e. The van der Waals surface area contributed by atoms with Crippen molar-refractivity contribution in [3.63, 3.8) is 0 Å². The number of rotatable bonds is 3. The Labute approximate surface area is 93.8 Å². The SMILES string of the molecule is CNC1CCOCC1CC1CCCCC1. The molecule has 2 heteroatoms. The van der Waals surface area contributed by atoms with Crippen LogP contribution in [-0.4, -0.2) is 26.3 Å². The van der Waals surface area contributed by atoms with Gasteiger partial charge in [0, 0.05) is 12.6 Å². The Morgan fingerprint density at radius 2 is 1.93 bits per heavy atom. The van der Waals surface area contributed by atoms with Crippen molar-refractivity contribution in [1.29, 1.82) is 0 Å². The molecule has 2 atom stereocenters. The molecule has 88 valence electrons. The van der Waals surface area contributed by atoms with Gasteiger partial charge >= 0.3 is 0 Å². The van der Waals surface area contributed by atoms with Crippen molar-refractivity contribution in [3.8, 4) is 0 Å². The lowest BCUT2D eigenvalue weighted by atomic mass is 9.79. The van der Waals surface area contributed by atoms with Crippen LogP contribution in [0, 0.1) is 11.8 Å². The van der Waals surface area contributed by atoms with Crippen LogP contribution in [0.2, 0.25) is 0 Å². The van der Waals surface area contributed by atoms with E-state index in [9.17, 15) is 0 Å². The summed E-state index contributed by atoms with van der Waals surface area (Å²) in [4.78, 5) is 0. The molecular formula is C13H25NO. The summed E-state index contributed by atoms with van der Waals surface area (Å²) in [5.74, 6) is 1.76. The molecule has 2 fully saturated rings. The quantitative estimate of drug-likeness (QED) is 0.774. The van der Waals surface area contributed by atoms with Crippen molar-refractivity contribution in [1.82, 2.24) is 5.32 Å². The van der Waals surface area contributed by atoms with E-state index >= 15 is 0 Å². The number of hydrogen-bond donors (Lipinski definition) is 1. The molecule has 0 aromatic heterocycles. The maximum Gasteiger partial charge on any atom is 0.0509 e. The highest BCUT2D eigenvalue weighted by molar-refractivity contribution is 4.81. The lowest BCUT2D eigenvalue weighted by Crippen LogP contribution is -2.41. The maximum absolute atomic E-state index is 5.62. The Morgan fingerprint density at radius 3 is 2.67 bits per heavy atom. The summed E-state index contributed by atoms with van der Waals surface area (Å²) in [7, 11) is 2.10. The minimum atomic E-state index is 0.709. The average molecular weight is 211 g/mol. The van der Waals surface area contributed by atoms with Crippen LogP contribution in [0.25, 0.3) is 0 Å². The van der Waals surface area contributed by atoms with E-state index in [4.69, 9.17) is 4.74 Å². The molecule has 0 bridgehead atoms. The van der Waals surface area contributed by atoms with E-state index < -0.39 is 0 Å². The third-order valence-electron chi connectivity index (χ3n) is 4.21. The van der Waals surface area contributed by atoms with Gasteiger partial charge in [-0.2, -0.15) is 0 Å². The molecular weight excluding hydrogens is 186 g/mol. The fourth-order valence-electron chi connectivity index (χ4n) is 3.26. The molecule has 0 aromatic rings. The van der Waals surface area contributed by atoms with E-state index in [1.165, 1.54) is 44.9 Å². The van der Waals surface area contributed by atoms with E-state index in [1.807, 2.05) is 0 Å². The average Bonchev–Trinajstić information content (AvgIpc) is 2.31. The predicted molar refractivity (Wildman–Crippen MR) is 63.0 cm³/mol. The number of nitrogens with one attached hydrogen (secondary N) is 1. The van der Waals surface area contributed by atoms with Crippen molar-refractivity contribution in [2.75, 3.05) is 20.3 Å². The van der Waals surface area contributed by atoms with E-state index in [0.717, 1.165) is 25.0 Å². The van der Waals surface area contributed by atoms with Gasteiger partial charge in [-0.25, -0.2) is 0 Å². The molecule has 1 heterocycles. The normalized spacial score (nSPS) is 34.2. The second-order valence-corrected chi connectivity index (χ2v) is 5.26. The molecule has 1 N–H and O–H groups in total. The summed E-state index contributed by atoms with van der Waals surface area (Å²) in [6.07, 6.45) is 9.91. The van der Waals surface area contributed by atoms with Crippen LogP contribution in [-0.2, 0) is 4.74 Å². The van der Waals surface area contributed by atoms with Crippen molar-refractivity contribution in [2.45, 2.75) is 51.0 Å². The molecule has 1 saturated carbocycles. The van der Waals surface area contributed by atoms with Crippen LogP contribution in [0.5, 0.6) is 0 Å². The van der Waals surface area contributed by atoms with Gasteiger partial charge in [-0.1, -0.05) is 32.1 Å². The molecule has 2 unspecified atom stereocenters. The van der Waals surface area contributed by atoms with Gasteiger partial charge < -0.3 is 10.1 Å². The first kappa shape index (κ1) is 11.4. The molecule has 2 aliphatic rings. The maximum atomic E-state index is 5.62. The first-order valence-electron chi connectivity index (χ1n) is 6.65. The summed E-state index contributed by atoms with van der Waals surface area (Å²) >= 11 is 0. The van der Waals surface area contributed by atoms with Gasteiger partial charge in [-0.15, -0.1) is 0 Å². The fraction of sp³-hybridized carbons (Fsp3) is 1.00.